The van der Waals surface area contributed by atoms with Crippen LogP contribution in [-0.2, 0) is 0 Å². The third kappa shape index (κ3) is 2.72. The lowest BCUT2D eigenvalue weighted by Crippen LogP contribution is -2.12. The molecule has 0 aliphatic rings. The van der Waals surface area contributed by atoms with E-state index in [1.165, 1.54) is 0 Å². The average Bonchev–Trinajstić information content (AvgIpc) is 2.85. The van der Waals surface area contributed by atoms with Crippen LogP contribution in [0.1, 0.15) is 10.4 Å². The summed E-state index contributed by atoms with van der Waals surface area (Å²) >= 11 is 18.0. The van der Waals surface area contributed by atoms with E-state index in [2.05, 4.69) is 10.3 Å². The summed E-state index contributed by atoms with van der Waals surface area (Å²) < 4.78 is 0. The summed E-state index contributed by atoms with van der Waals surface area (Å²) in [7, 11) is 0. The number of nitrogens with one attached hydrogen (secondary N) is 2. The normalized spacial score (nSPS) is 10.8. The molecule has 0 atom stereocenters. The lowest BCUT2D eigenvalue weighted by molar-refractivity contribution is 0.102. The van der Waals surface area contributed by atoms with Gasteiger partial charge in [0.15, 0.2) is 0 Å². The number of aromatic nitrogens is 1. The number of aromatic amines is 1. The molecule has 0 spiro atoms. The van der Waals surface area contributed by atoms with E-state index in [-0.39, 0.29) is 5.91 Å². The summed E-state index contributed by atoms with van der Waals surface area (Å²) in [5, 5.41) is 4.89. The number of rotatable bonds is 2. The summed E-state index contributed by atoms with van der Waals surface area (Å²) in [6.45, 7) is 0. The van der Waals surface area contributed by atoms with Gasteiger partial charge in [0, 0.05) is 22.1 Å². The lowest BCUT2D eigenvalue weighted by Gasteiger charge is -2.08. The quantitative estimate of drug-likeness (QED) is 0.647. The first-order valence-corrected chi connectivity index (χ1v) is 7.21. The molecule has 3 nitrogen and oxygen atoms in total. The van der Waals surface area contributed by atoms with Gasteiger partial charge in [0.05, 0.1) is 21.3 Å². The molecular weight excluding hydrogens is 331 g/mol. The Bertz CT molecular complexity index is 822. The minimum Gasteiger partial charge on any atom is -0.360 e. The van der Waals surface area contributed by atoms with Crippen LogP contribution < -0.4 is 5.32 Å². The third-order valence-electron chi connectivity index (χ3n) is 3.09. The van der Waals surface area contributed by atoms with E-state index in [9.17, 15) is 4.79 Å². The van der Waals surface area contributed by atoms with Gasteiger partial charge in [0.1, 0.15) is 0 Å². The van der Waals surface area contributed by atoms with Crippen LogP contribution in [0, 0.1) is 0 Å². The fourth-order valence-corrected chi connectivity index (χ4v) is 2.75. The molecule has 0 aliphatic heterocycles. The molecule has 21 heavy (non-hydrogen) atoms. The van der Waals surface area contributed by atoms with Gasteiger partial charge in [-0.25, -0.2) is 0 Å². The largest absolute Gasteiger partial charge is 0.360 e. The predicted octanol–water partition coefficient (Wildman–Crippen LogP) is 5.38. The Morgan fingerprint density at radius 3 is 2.48 bits per heavy atom. The van der Waals surface area contributed by atoms with Crippen LogP contribution >= 0.6 is 34.8 Å². The molecule has 1 heterocycles. The molecule has 106 valence electrons. The number of para-hydroxylation sites is 1. The van der Waals surface area contributed by atoms with E-state index in [1.54, 1.807) is 42.6 Å². The molecule has 1 amide bonds. The van der Waals surface area contributed by atoms with Gasteiger partial charge in [-0.15, -0.1) is 0 Å². The van der Waals surface area contributed by atoms with Crippen molar-refractivity contribution in [2.24, 2.45) is 0 Å². The lowest BCUT2D eigenvalue weighted by atomic mass is 10.1. The molecule has 0 unspecified atom stereocenters. The summed E-state index contributed by atoms with van der Waals surface area (Å²) in [6, 6.07) is 10.3. The summed E-state index contributed by atoms with van der Waals surface area (Å²) in [5.41, 5.74) is 1.68. The topological polar surface area (TPSA) is 44.9 Å². The number of anilines is 1. The number of carbonyl (C=O) groups is 1. The Hall–Kier alpha value is -1.68. The Balaban J connectivity index is 1.98. The van der Waals surface area contributed by atoms with Gasteiger partial charge in [0.2, 0.25) is 0 Å². The van der Waals surface area contributed by atoms with E-state index in [0.717, 1.165) is 10.9 Å². The molecule has 3 rings (SSSR count). The zero-order valence-corrected chi connectivity index (χ0v) is 12.9. The standard InChI is InChI=1S/C15H9Cl3N2O/c16-8-4-5-9-10(7-19-13(9)6-8)15(21)20-14-11(17)2-1-3-12(14)18/h1-7,19H,(H,20,21). The average molecular weight is 340 g/mol. The van der Waals surface area contributed by atoms with E-state index >= 15 is 0 Å². The fraction of sp³-hybridized carbons (Fsp3) is 0. The summed E-state index contributed by atoms with van der Waals surface area (Å²) in [4.78, 5) is 15.4. The molecule has 0 radical (unpaired) electrons. The number of hydrogen-bond acceptors (Lipinski definition) is 1. The highest BCUT2D eigenvalue weighted by Gasteiger charge is 2.15. The SMILES string of the molecule is O=C(Nc1c(Cl)cccc1Cl)c1c[nH]c2cc(Cl)ccc12. The Morgan fingerprint density at radius 1 is 1.05 bits per heavy atom. The van der Waals surface area contributed by atoms with E-state index < -0.39 is 0 Å². The second-order valence-electron chi connectivity index (χ2n) is 4.44. The molecule has 0 aliphatic carbocycles. The highest BCUT2D eigenvalue weighted by Crippen LogP contribution is 2.31. The van der Waals surface area contributed by atoms with Gasteiger partial charge in [-0.1, -0.05) is 46.9 Å². The second kappa shape index (κ2) is 5.60. The van der Waals surface area contributed by atoms with Crippen molar-refractivity contribution in [3.05, 3.63) is 63.2 Å². The molecule has 3 aromatic rings. The number of carbonyl (C=O) groups excluding carboxylic acids is 1. The van der Waals surface area contributed by atoms with Crippen molar-refractivity contribution in [2.45, 2.75) is 0 Å². The maximum absolute atomic E-state index is 12.4. The van der Waals surface area contributed by atoms with Gasteiger partial charge in [-0.2, -0.15) is 0 Å². The van der Waals surface area contributed by atoms with Gasteiger partial charge in [-0.3, -0.25) is 4.79 Å². The van der Waals surface area contributed by atoms with Crippen molar-refractivity contribution < 1.29 is 4.79 Å². The molecule has 0 saturated carbocycles. The number of H-pyrrole nitrogens is 1. The van der Waals surface area contributed by atoms with Crippen LogP contribution in [0.15, 0.2) is 42.6 Å². The minimum absolute atomic E-state index is 0.293. The van der Waals surface area contributed by atoms with Crippen LogP contribution in [0.3, 0.4) is 0 Å². The molecular formula is C15H9Cl3N2O. The van der Waals surface area contributed by atoms with Crippen LogP contribution in [0.4, 0.5) is 5.69 Å². The van der Waals surface area contributed by atoms with Gasteiger partial charge in [0.25, 0.3) is 5.91 Å². The van der Waals surface area contributed by atoms with E-state index in [1.807, 2.05) is 0 Å². The van der Waals surface area contributed by atoms with E-state index in [4.69, 9.17) is 34.8 Å². The Morgan fingerprint density at radius 2 is 1.76 bits per heavy atom. The van der Waals surface area contributed by atoms with Crippen molar-refractivity contribution >= 4 is 57.3 Å². The number of hydrogen-bond donors (Lipinski definition) is 2. The fourth-order valence-electron chi connectivity index (χ4n) is 2.08. The van der Waals surface area contributed by atoms with Crippen LogP contribution in [0.5, 0.6) is 0 Å². The van der Waals surface area contributed by atoms with Crippen molar-refractivity contribution in [2.75, 3.05) is 5.32 Å². The van der Waals surface area contributed by atoms with Gasteiger partial charge >= 0.3 is 0 Å². The zero-order valence-electron chi connectivity index (χ0n) is 10.6. The van der Waals surface area contributed by atoms with E-state index in [0.29, 0.717) is 26.3 Å². The molecule has 1 aromatic heterocycles. The molecule has 2 aromatic carbocycles. The van der Waals surface area contributed by atoms with Gasteiger partial charge < -0.3 is 10.3 Å². The molecule has 6 heteroatoms. The van der Waals surface area contributed by atoms with Crippen LogP contribution in [-0.4, -0.2) is 10.9 Å². The van der Waals surface area contributed by atoms with Crippen molar-refractivity contribution in [3.8, 4) is 0 Å². The second-order valence-corrected chi connectivity index (χ2v) is 5.69. The predicted molar refractivity (Wildman–Crippen MR) is 87.7 cm³/mol. The monoisotopic (exact) mass is 338 g/mol. The summed E-state index contributed by atoms with van der Waals surface area (Å²) in [6.07, 6.45) is 1.63. The summed E-state index contributed by atoms with van der Waals surface area (Å²) in [5.74, 6) is -0.293. The van der Waals surface area contributed by atoms with Crippen LogP contribution in [0.25, 0.3) is 10.9 Å². The number of amides is 1. The molecule has 0 bridgehead atoms. The Labute approximate surface area is 135 Å². The first-order chi connectivity index (χ1) is 10.1. The number of fused-ring (bicyclic) bond motifs is 1. The Kier molecular flexibility index (Phi) is 3.81. The molecule has 0 saturated heterocycles. The maximum atomic E-state index is 12.4. The van der Waals surface area contributed by atoms with Crippen molar-refractivity contribution in [1.29, 1.82) is 0 Å². The minimum atomic E-state index is -0.293. The smallest absolute Gasteiger partial charge is 0.257 e. The number of benzene rings is 2. The highest BCUT2D eigenvalue weighted by atomic mass is 35.5. The molecule has 2 N–H and O–H groups in total. The zero-order chi connectivity index (χ0) is 15.0. The maximum Gasteiger partial charge on any atom is 0.257 e. The van der Waals surface area contributed by atoms with Crippen LogP contribution in [0.2, 0.25) is 15.1 Å². The van der Waals surface area contributed by atoms with Crippen molar-refractivity contribution in [3.63, 3.8) is 0 Å². The number of halogens is 3. The highest BCUT2D eigenvalue weighted by molar-refractivity contribution is 6.40. The third-order valence-corrected chi connectivity index (χ3v) is 3.95. The van der Waals surface area contributed by atoms with Crippen molar-refractivity contribution in [1.82, 2.24) is 4.98 Å². The first-order valence-electron chi connectivity index (χ1n) is 6.08. The molecule has 0 fully saturated rings. The first kappa shape index (κ1) is 14.3. The van der Waals surface area contributed by atoms with Gasteiger partial charge in [-0.05, 0) is 24.3 Å².